The lowest BCUT2D eigenvalue weighted by molar-refractivity contribution is -0.133. The number of carbonyl (C=O) groups excluding carboxylic acids is 1. The monoisotopic (exact) mass is 508 g/mol. The number of ether oxygens (including phenoxy) is 2. The highest BCUT2D eigenvalue weighted by atomic mass is 16.7. The molecule has 38 heavy (non-hydrogen) atoms. The molecule has 0 aliphatic carbocycles. The summed E-state index contributed by atoms with van der Waals surface area (Å²) in [5.41, 5.74) is 3.48. The second-order valence-electron chi connectivity index (χ2n) is 9.45. The number of amides is 1. The lowest BCUT2D eigenvalue weighted by Crippen LogP contribution is -2.51. The Morgan fingerprint density at radius 2 is 1.47 bits per heavy atom. The maximum absolute atomic E-state index is 13.1. The maximum Gasteiger partial charge on any atom is 0.254 e. The highest BCUT2D eigenvalue weighted by Gasteiger charge is 2.28. The molecule has 8 heteroatoms. The summed E-state index contributed by atoms with van der Waals surface area (Å²) in [6.07, 6.45) is 1.44. The van der Waals surface area contributed by atoms with Gasteiger partial charge in [0.15, 0.2) is 11.5 Å². The van der Waals surface area contributed by atoms with E-state index in [-0.39, 0.29) is 30.8 Å². The van der Waals surface area contributed by atoms with Crippen LogP contribution in [0.5, 0.6) is 11.5 Å². The van der Waals surface area contributed by atoms with Crippen LogP contribution in [0.3, 0.4) is 0 Å². The van der Waals surface area contributed by atoms with Crippen molar-refractivity contribution in [2.24, 2.45) is 0 Å². The first-order valence-electron chi connectivity index (χ1n) is 12.7. The van der Waals surface area contributed by atoms with Crippen molar-refractivity contribution in [1.29, 1.82) is 0 Å². The van der Waals surface area contributed by atoms with Gasteiger partial charge in [0, 0.05) is 37.8 Å². The molecule has 2 aliphatic heterocycles. The summed E-state index contributed by atoms with van der Waals surface area (Å²) in [6.45, 7) is 2.85. The lowest BCUT2D eigenvalue weighted by Gasteiger charge is -2.39. The number of aromatic nitrogens is 2. The van der Waals surface area contributed by atoms with Gasteiger partial charge < -0.3 is 14.4 Å². The number of benzene rings is 3. The number of rotatable bonds is 6. The van der Waals surface area contributed by atoms with Crippen LogP contribution in [0.1, 0.15) is 17.2 Å². The van der Waals surface area contributed by atoms with Crippen LogP contribution in [0.4, 0.5) is 0 Å². The van der Waals surface area contributed by atoms with Crippen molar-refractivity contribution in [3.05, 3.63) is 113 Å². The summed E-state index contributed by atoms with van der Waals surface area (Å²) >= 11 is 0. The number of hydrogen-bond acceptors (Lipinski definition) is 6. The molecule has 1 aromatic heterocycles. The number of fused-ring (bicyclic) bond motifs is 1. The number of carbonyl (C=O) groups is 1. The smallest absolute Gasteiger partial charge is 0.254 e. The van der Waals surface area contributed by atoms with Crippen LogP contribution in [0.25, 0.3) is 11.3 Å². The van der Waals surface area contributed by atoms with Gasteiger partial charge in [0.05, 0.1) is 18.1 Å². The molecule has 0 saturated carbocycles. The Balaban J connectivity index is 1.12. The Morgan fingerprint density at radius 1 is 0.816 bits per heavy atom. The van der Waals surface area contributed by atoms with Crippen molar-refractivity contribution in [2.75, 3.05) is 33.0 Å². The van der Waals surface area contributed by atoms with Gasteiger partial charge in [0.1, 0.15) is 6.54 Å². The van der Waals surface area contributed by atoms with E-state index < -0.39 is 0 Å². The average molecular weight is 509 g/mol. The van der Waals surface area contributed by atoms with Crippen molar-refractivity contribution in [2.45, 2.75) is 12.6 Å². The summed E-state index contributed by atoms with van der Waals surface area (Å²) in [7, 11) is 0. The average Bonchev–Trinajstić information content (AvgIpc) is 3.44. The molecule has 0 N–H and O–H groups in total. The predicted octanol–water partition coefficient (Wildman–Crippen LogP) is 3.57. The van der Waals surface area contributed by atoms with E-state index in [2.05, 4.69) is 58.4 Å². The molecule has 8 nitrogen and oxygen atoms in total. The highest BCUT2D eigenvalue weighted by Crippen LogP contribution is 2.35. The molecule has 3 aromatic carbocycles. The van der Waals surface area contributed by atoms with E-state index >= 15 is 0 Å². The molecule has 1 fully saturated rings. The van der Waals surface area contributed by atoms with Gasteiger partial charge >= 0.3 is 0 Å². The Morgan fingerprint density at radius 3 is 2.13 bits per heavy atom. The minimum atomic E-state index is -0.270. The summed E-state index contributed by atoms with van der Waals surface area (Å²) in [5.74, 6) is 1.22. The lowest BCUT2D eigenvalue weighted by atomic mass is 9.96. The first-order chi connectivity index (χ1) is 18.7. The highest BCUT2D eigenvalue weighted by molar-refractivity contribution is 5.76. The molecular formula is C30H28N4O4. The Kier molecular flexibility index (Phi) is 6.62. The van der Waals surface area contributed by atoms with Crippen LogP contribution < -0.4 is 15.0 Å². The SMILES string of the molecule is O=C(Cn1cnc(-c2ccc3c(c2)OCO3)cc1=O)N1CCN(C(c2ccccc2)c2ccccc2)CC1. The van der Waals surface area contributed by atoms with E-state index in [0.29, 0.717) is 30.3 Å². The molecule has 4 aromatic rings. The van der Waals surface area contributed by atoms with Gasteiger partial charge in [-0.2, -0.15) is 0 Å². The molecule has 0 unspecified atom stereocenters. The molecular weight excluding hydrogens is 480 g/mol. The molecule has 2 aliphatic rings. The van der Waals surface area contributed by atoms with Gasteiger partial charge in [-0.1, -0.05) is 60.7 Å². The number of hydrogen-bond donors (Lipinski definition) is 0. The largest absolute Gasteiger partial charge is 0.454 e. The fraction of sp³-hybridized carbons (Fsp3) is 0.233. The zero-order chi connectivity index (χ0) is 25.9. The second kappa shape index (κ2) is 10.5. The van der Waals surface area contributed by atoms with Crippen LogP contribution in [-0.2, 0) is 11.3 Å². The number of piperazine rings is 1. The van der Waals surface area contributed by atoms with Gasteiger partial charge in [-0.15, -0.1) is 0 Å². The molecule has 1 saturated heterocycles. The third-order valence-corrected chi connectivity index (χ3v) is 7.12. The first kappa shape index (κ1) is 23.9. The predicted molar refractivity (Wildman–Crippen MR) is 143 cm³/mol. The number of nitrogens with zero attached hydrogens (tertiary/aromatic N) is 4. The van der Waals surface area contributed by atoms with Gasteiger partial charge in [0.2, 0.25) is 12.7 Å². The van der Waals surface area contributed by atoms with Gasteiger partial charge in [-0.25, -0.2) is 4.98 Å². The quantitative estimate of drug-likeness (QED) is 0.396. The molecule has 0 radical (unpaired) electrons. The molecule has 0 atom stereocenters. The van der Waals surface area contributed by atoms with Crippen molar-refractivity contribution in [3.63, 3.8) is 0 Å². The molecule has 1 amide bonds. The van der Waals surface area contributed by atoms with E-state index in [4.69, 9.17) is 9.47 Å². The summed E-state index contributed by atoms with van der Waals surface area (Å²) in [6, 6.07) is 28.0. The van der Waals surface area contributed by atoms with Crippen LogP contribution in [0.15, 0.2) is 96.1 Å². The molecule has 0 spiro atoms. The van der Waals surface area contributed by atoms with E-state index in [0.717, 1.165) is 18.7 Å². The Hall–Kier alpha value is -4.43. The molecule has 6 rings (SSSR count). The van der Waals surface area contributed by atoms with Gasteiger partial charge in [-0.3, -0.25) is 19.1 Å². The maximum atomic E-state index is 13.1. The van der Waals surface area contributed by atoms with Crippen molar-refractivity contribution >= 4 is 5.91 Å². The summed E-state index contributed by atoms with van der Waals surface area (Å²) < 4.78 is 12.1. The summed E-state index contributed by atoms with van der Waals surface area (Å²) in [4.78, 5) is 34.6. The van der Waals surface area contributed by atoms with Crippen molar-refractivity contribution in [1.82, 2.24) is 19.4 Å². The van der Waals surface area contributed by atoms with E-state index in [1.54, 1.807) is 12.1 Å². The third-order valence-electron chi connectivity index (χ3n) is 7.12. The standard InChI is InChI=1S/C30H28N4O4/c35-28-18-25(24-11-12-26-27(17-24)38-21-37-26)31-20-34(28)19-29(36)32-13-15-33(16-14-32)30(22-7-3-1-4-8-22)23-9-5-2-6-10-23/h1-12,17-18,20,30H,13-16,19,21H2. The summed E-state index contributed by atoms with van der Waals surface area (Å²) in [5, 5.41) is 0. The second-order valence-corrected chi connectivity index (χ2v) is 9.45. The zero-order valence-corrected chi connectivity index (χ0v) is 20.9. The van der Waals surface area contributed by atoms with E-state index in [9.17, 15) is 9.59 Å². The van der Waals surface area contributed by atoms with E-state index in [1.807, 2.05) is 23.1 Å². The minimum absolute atomic E-state index is 0.0337. The van der Waals surface area contributed by atoms with Crippen molar-refractivity contribution in [3.8, 4) is 22.8 Å². The first-order valence-corrected chi connectivity index (χ1v) is 12.7. The zero-order valence-electron chi connectivity index (χ0n) is 20.9. The fourth-order valence-corrected chi connectivity index (χ4v) is 5.12. The Labute approximate surface area is 220 Å². The topological polar surface area (TPSA) is 76.9 Å². The molecule has 192 valence electrons. The molecule has 3 heterocycles. The van der Waals surface area contributed by atoms with Gasteiger partial charge in [-0.05, 0) is 29.3 Å². The van der Waals surface area contributed by atoms with Crippen molar-refractivity contribution < 1.29 is 14.3 Å². The molecule has 0 bridgehead atoms. The minimum Gasteiger partial charge on any atom is -0.454 e. The van der Waals surface area contributed by atoms with E-state index in [1.165, 1.54) is 28.1 Å². The normalized spacial score (nSPS) is 15.1. The van der Waals surface area contributed by atoms with Crippen LogP contribution >= 0.6 is 0 Å². The van der Waals surface area contributed by atoms with Gasteiger partial charge in [0.25, 0.3) is 5.56 Å². The Bertz CT molecular complexity index is 1440. The fourth-order valence-electron chi connectivity index (χ4n) is 5.12. The third kappa shape index (κ3) is 4.90. The van der Waals surface area contributed by atoms with Crippen LogP contribution in [-0.4, -0.2) is 58.2 Å². The van der Waals surface area contributed by atoms with Crippen LogP contribution in [0, 0.1) is 0 Å². The van der Waals surface area contributed by atoms with Crippen LogP contribution in [0.2, 0.25) is 0 Å².